The van der Waals surface area contributed by atoms with E-state index in [1.54, 1.807) is 0 Å². The average Bonchev–Trinajstić information content (AvgIpc) is 2.40. The summed E-state index contributed by atoms with van der Waals surface area (Å²) in [6, 6.07) is 8.15. The van der Waals surface area contributed by atoms with Crippen LogP contribution in [0, 0.1) is 5.92 Å². The highest BCUT2D eigenvalue weighted by atomic mass is 35.5. The first-order chi connectivity index (χ1) is 8.76. The van der Waals surface area contributed by atoms with Crippen LogP contribution < -0.4 is 5.32 Å². The molecule has 0 fully saturated rings. The van der Waals surface area contributed by atoms with Crippen LogP contribution in [0.15, 0.2) is 24.3 Å². The van der Waals surface area contributed by atoms with Gasteiger partial charge < -0.3 is 5.32 Å². The van der Waals surface area contributed by atoms with Crippen LogP contribution in [-0.2, 0) is 6.42 Å². The second-order valence-corrected chi connectivity index (χ2v) is 5.43. The van der Waals surface area contributed by atoms with Crippen molar-refractivity contribution in [2.24, 2.45) is 5.92 Å². The molecule has 1 N–H and O–H groups in total. The molecule has 0 aliphatic heterocycles. The lowest BCUT2D eigenvalue weighted by Crippen LogP contribution is -2.24. The van der Waals surface area contributed by atoms with Crippen LogP contribution in [0.1, 0.15) is 45.1 Å². The van der Waals surface area contributed by atoms with E-state index in [2.05, 4.69) is 31.3 Å². The molecule has 18 heavy (non-hydrogen) atoms. The highest BCUT2D eigenvalue weighted by Gasteiger charge is 2.04. The second kappa shape index (κ2) is 9.41. The van der Waals surface area contributed by atoms with Gasteiger partial charge in [0.05, 0.1) is 0 Å². The smallest absolute Gasteiger partial charge is 0.0406 e. The molecule has 1 nitrogen and oxygen atoms in total. The number of nitrogens with one attached hydrogen (secondary N) is 1. The molecule has 0 radical (unpaired) electrons. The van der Waals surface area contributed by atoms with Gasteiger partial charge in [-0.05, 0) is 49.5 Å². The summed E-state index contributed by atoms with van der Waals surface area (Å²) in [5, 5.41) is 4.39. The Morgan fingerprint density at radius 3 is 2.50 bits per heavy atom. The number of halogens is 1. The lowest BCUT2D eigenvalue weighted by Gasteiger charge is -2.15. The highest BCUT2D eigenvalue weighted by Crippen LogP contribution is 2.12. The maximum atomic E-state index is 5.87. The SMILES string of the molecule is CCCCC(CC)CNCCc1ccc(Cl)cc1. The van der Waals surface area contributed by atoms with Gasteiger partial charge in [0.1, 0.15) is 0 Å². The van der Waals surface area contributed by atoms with Crippen molar-refractivity contribution in [1.82, 2.24) is 5.32 Å². The fourth-order valence-corrected chi connectivity index (χ4v) is 2.26. The third-order valence-corrected chi connectivity index (χ3v) is 3.73. The summed E-state index contributed by atoms with van der Waals surface area (Å²) in [5.41, 5.74) is 1.36. The molecular formula is C16H26ClN. The molecule has 0 aliphatic carbocycles. The summed E-state index contributed by atoms with van der Waals surface area (Å²) in [6.45, 7) is 6.77. The molecule has 0 aliphatic rings. The van der Waals surface area contributed by atoms with E-state index in [1.165, 1.54) is 31.2 Å². The lowest BCUT2D eigenvalue weighted by atomic mass is 9.99. The molecule has 1 aromatic carbocycles. The number of benzene rings is 1. The standard InChI is InChI=1S/C16H26ClN/c1-3-5-6-14(4-2)13-18-12-11-15-7-9-16(17)10-8-15/h7-10,14,18H,3-6,11-13H2,1-2H3. The van der Waals surface area contributed by atoms with Crippen molar-refractivity contribution in [1.29, 1.82) is 0 Å². The number of unbranched alkanes of at least 4 members (excludes halogenated alkanes) is 1. The van der Waals surface area contributed by atoms with Gasteiger partial charge in [0.2, 0.25) is 0 Å². The molecule has 1 aromatic rings. The van der Waals surface area contributed by atoms with Crippen LogP contribution in [0.4, 0.5) is 0 Å². The van der Waals surface area contributed by atoms with Gasteiger partial charge >= 0.3 is 0 Å². The molecular weight excluding hydrogens is 242 g/mol. The third-order valence-electron chi connectivity index (χ3n) is 3.48. The van der Waals surface area contributed by atoms with Crippen LogP contribution in [0.3, 0.4) is 0 Å². The molecule has 0 aromatic heterocycles. The lowest BCUT2D eigenvalue weighted by molar-refractivity contribution is 0.421. The maximum Gasteiger partial charge on any atom is 0.0406 e. The molecule has 0 saturated heterocycles. The van der Waals surface area contributed by atoms with Crippen LogP contribution in [-0.4, -0.2) is 13.1 Å². The van der Waals surface area contributed by atoms with E-state index in [0.717, 1.165) is 30.5 Å². The van der Waals surface area contributed by atoms with Gasteiger partial charge in [-0.2, -0.15) is 0 Å². The zero-order valence-electron chi connectivity index (χ0n) is 11.7. The zero-order valence-corrected chi connectivity index (χ0v) is 12.5. The van der Waals surface area contributed by atoms with Gasteiger partial charge in [0.15, 0.2) is 0 Å². The Balaban J connectivity index is 2.15. The fourth-order valence-electron chi connectivity index (χ4n) is 2.13. The summed E-state index contributed by atoms with van der Waals surface area (Å²) in [7, 11) is 0. The summed E-state index contributed by atoms with van der Waals surface area (Å²) in [6.07, 6.45) is 6.40. The second-order valence-electron chi connectivity index (χ2n) is 5.00. The molecule has 0 amide bonds. The Labute approximate surface area is 117 Å². The van der Waals surface area contributed by atoms with Gasteiger partial charge in [0, 0.05) is 5.02 Å². The van der Waals surface area contributed by atoms with Crippen LogP contribution in [0.5, 0.6) is 0 Å². The summed E-state index contributed by atoms with van der Waals surface area (Å²) < 4.78 is 0. The van der Waals surface area contributed by atoms with Crippen molar-refractivity contribution in [3.8, 4) is 0 Å². The van der Waals surface area contributed by atoms with Crippen LogP contribution in [0.2, 0.25) is 5.02 Å². The summed E-state index contributed by atoms with van der Waals surface area (Å²) in [5.74, 6) is 0.843. The topological polar surface area (TPSA) is 12.0 Å². The Morgan fingerprint density at radius 2 is 1.89 bits per heavy atom. The van der Waals surface area contributed by atoms with E-state index in [4.69, 9.17) is 11.6 Å². The first kappa shape index (κ1) is 15.5. The number of hydrogen-bond acceptors (Lipinski definition) is 1. The van der Waals surface area contributed by atoms with Crippen molar-refractivity contribution in [2.45, 2.75) is 46.0 Å². The zero-order chi connectivity index (χ0) is 13.2. The average molecular weight is 268 g/mol. The van der Waals surface area contributed by atoms with E-state index >= 15 is 0 Å². The van der Waals surface area contributed by atoms with Gasteiger partial charge in [-0.15, -0.1) is 0 Å². The maximum absolute atomic E-state index is 5.87. The van der Waals surface area contributed by atoms with Crippen molar-refractivity contribution in [3.63, 3.8) is 0 Å². The minimum Gasteiger partial charge on any atom is -0.316 e. The molecule has 2 heteroatoms. The summed E-state index contributed by atoms with van der Waals surface area (Å²) >= 11 is 5.87. The highest BCUT2D eigenvalue weighted by molar-refractivity contribution is 6.30. The van der Waals surface area contributed by atoms with Crippen LogP contribution in [0.25, 0.3) is 0 Å². The van der Waals surface area contributed by atoms with Gasteiger partial charge in [-0.3, -0.25) is 0 Å². The van der Waals surface area contributed by atoms with Crippen LogP contribution >= 0.6 is 11.6 Å². The molecule has 1 unspecified atom stereocenters. The molecule has 0 saturated carbocycles. The number of rotatable bonds is 9. The Kier molecular flexibility index (Phi) is 8.11. The minimum absolute atomic E-state index is 0.817. The van der Waals surface area contributed by atoms with Gasteiger partial charge in [0.25, 0.3) is 0 Å². The quantitative estimate of drug-likeness (QED) is 0.640. The summed E-state index contributed by atoms with van der Waals surface area (Å²) in [4.78, 5) is 0. The fraction of sp³-hybridized carbons (Fsp3) is 0.625. The molecule has 0 spiro atoms. The van der Waals surface area contributed by atoms with Crippen molar-refractivity contribution in [3.05, 3.63) is 34.9 Å². The molecule has 0 bridgehead atoms. The Hall–Kier alpha value is -0.530. The molecule has 1 atom stereocenters. The Bertz CT molecular complexity index is 307. The largest absolute Gasteiger partial charge is 0.316 e. The molecule has 1 rings (SSSR count). The minimum atomic E-state index is 0.817. The first-order valence-corrected chi connectivity index (χ1v) is 7.59. The van der Waals surface area contributed by atoms with Crippen molar-refractivity contribution in [2.75, 3.05) is 13.1 Å². The number of hydrogen-bond donors (Lipinski definition) is 1. The van der Waals surface area contributed by atoms with Crippen molar-refractivity contribution < 1.29 is 0 Å². The van der Waals surface area contributed by atoms with Gasteiger partial charge in [-0.1, -0.05) is 56.8 Å². The first-order valence-electron chi connectivity index (χ1n) is 7.21. The predicted octanol–water partition coefficient (Wildman–Crippen LogP) is 4.69. The molecule has 102 valence electrons. The third kappa shape index (κ3) is 6.42. The van der Waals surface area contributed by atoms with Crippen molar-refractivity contribution >= 4 is 11.6 Å². The van der Waals surface area contributed by atoms with E-state index in [-0.39, 0.29) is 0 Å². The Morgan fingerprint density at radius 1 is 1.17 bits per heavy atom. The van der Waals surface area contributed by atoms with Gasteiger partial charge in [-0.25, -0.2) is 0 Å². The van der Waals surface area contributed by atoms with E-state index in [9.17, 15) is 0 Å². The predicted molar refractivity (Wildman–Crippen MR) is 81.3 cm³/mol. The monoisotopic (exact) mass is 267 g/mol. The normalized spacial score (nSPS) is 12.6. The van der Waals surface area contributed by atoms with E-state index in [0.29, 0.717) is 0 Å². The van der Waals surface area contributed by atoms with E-state index < -0.39 is 0 Å². The molecule has 0 heterocycles. The van der Waals surface area contributed by atoms with E-state index in [1.807, 2.05) is 12.1 Å².